The lowest BCUT2D eigenvalue weighted by atomic mass is 9.94. The molecule has 0 amide bonds. The van der Waals surface area contributed by atoms with Crippen LogP contribution in [-0.4, -0.2) is 14.8 Å². The van der Waals surface area contributed by atoms with E-state index < -0.39 is 0 Å². The molecule has 0 bridgehead atoms. The summed E-state index contributed by atoms with van der Waals surface area (Å²) in [7, 11) is 0. The highest BCUT2D eigenvalue weighted by atomic mass is 16.1. The Bertz CT molecular complexity index is 1990. The SMILES string of the molecule is Cc1ccc(C2=c3c(n(-c4ccccc4)c(=O)n3-c3ccccc3)=C(c3ccc(C)cc3)C2=Nc2ccccc2)cc1. The molecule has 4 nitrogen and oxygen atoms in total. The fourth-order valence-corrected chi connectivity index (χ4v) is 5.68. The normalized spacial score (nSPS) is 12.5. The molecule has 1 aliphatic rings. The summed E-state index contributed by atoms with van der Waals surface area (Å²) in [4.78, 5) is 19.9. The lowest BCUT2D eigenvalue weighted by Crippen LogP contribution is -2.32. The molecule has 1 aliphatic carbocycles. The van der Waals surface area contributed by atoms with E-state index >= 15 is 0 Å². The second-order valence-corrected chi connectivity index (χ2v) is 10.6. The van der Waals surface area contributed by atoms with Crippen LogP contribution in [0.5, 0.6) is 0 Å². The van der Waals surface area contributed by atoms with Crippen LogP contribution >= 0.6 is 0 Å². The van der Waals surface area contributed by atoms with Gasteiger partial charge in [0.05, 0.1) is 33.5 Å². The lowest BCUT2D eigenvalue weighted by Gasteiger charge is -2.14. The van der Waals surface area contributed by atoms with Gasteiger partial charge in [-0.2, -0.15) is 0 Å². The molecule has 7 rings (SSSR count). The first-order valence-corrected chi connectivity index (χ1v) is 14.1. The number of fused-ring (bicyclic) bond motifs is 1. The quantitative estimate of drug-likeness (QED) is 0.247. The van der Waals surface area contributed by atoms with E-state index in [-0.39, 0.29) is 5.69 Å². The van der Waals surface area contributed by atoms with E-state index in [0.717, 1.165) is 55.7 Å². The second kappa shape index (κ2) is 10.5. The minimum absolute atomic E-state index is 0.120. The third-order valence-electron chi connectivity index (χ3n) is 7.71. The predicted molar refractivity (Wildman–Crippen MR) is 172 cm³/mol. The summed E-state index contributed by atoms with van der Waals surface area (Å²) < 4.78 is 3.69. The van der Waals surface area contributed by atoms with Crippen LogP contribution in [0.4, 0.5) is 5.69 Å². The number of para-hydroxylation sites is 3. The van der Waals surface area contributed by atoms with E-state index in [0.29, 0.717) is 0 Å². The number of benzene rings is 5. The molecular formula is C38H29N3O. The van der Waals surface area contributed by atoms with Crippen molar-refractivity contribution in [2.24, 2.45) is 4.99 Å². The van der Waals surface area contributed by atoms with Crippen LogP contribution in [0.25, 0.3) is 22.5 Å². The molecule has 0 unspecified atom stereocenters. The summed E-state index contributed by atoms with van der Waals surface area (Å²) in [5.41, 5.74) is 9.41. The Balaban J connectivity index is 1.75. The number of nitrogens with zero attached hydrogens (tertiary/aromatic N) is 3. The molecule has 0 aliphatic heterocycles. The molecule has 0 N–H and O–H groups in total. The lowest BCUT2D eigenvalue weighted by molar-refractivity contribution is 0.891. The average molecular weight is 544 g/mol. The minimum atomic E-state index is -0.120. The van der Waals surface area contributed by atoms with Gasteiger partial charge < -0.3 is 0 Å². The zero-order valence-electron chi connectivity index (χ0n) is 23.5. The van der Waals surface area contributed by atoms with Crippen molar-refractivity contribution in [3.05, 3.63) is 183 Å². The van der Waals surface area contributed by atoms with Gasteiger partial charge in [-0.1, -0.05) is 114 Å². The molecule has 0 saturated heterocycles. The van der Waals surface area contributed by atoms with Crippen LogP contribution in [0.2, 0.25) is 0 Å². The first-order chi connectivity index (χ1) is 20.6. The number of hydrogen-bond acceptors (Lipinski definition) is 2. The number of aryl methyl sites for hydroxylation is 2. The highest BCUT2D eigenvalue weighted by molar-refractivity contribution is 6.46. The fourth-order valence-electron chi connectivity index (χ4n) is 5.68. The van der Waals surface area contributed by atoms with Crippen molar-refractivity contribution in [1.82, 2.24) is 9.13 Å². The van der Waals surface area contributed by atoms with Crippen molar-refractivity contribution in [3.63, 3.8) is 0 Å². The Labute approximate surface area is 244 Å². The fraction of sp³-hybridized carbons (Fsp3) is 0.0526. The minimum Gasteiger partial charge on any atom is -0.259 e. The van der Waals surface area contributed by atoms with Gasteiger partial charge in [0.2, 0.25) is 0 Å². The summed E-state index contributed by atoms with van der Waals surface area (Å²) in [6.45, 7) is 4.17. The number of aromatic nitrogens is 2. The molecule has 1 heterocycles. The molecule has 42 heavy (non-hydrogen) atoms. The Morgan fingerprint density at radius 1 is 0.476 bits per heavy atom. The van der Waals surface area contributed by atoms with E-state index in [4.69, 9.17) is 4.99 Å². The number of aliphatic imine (C=N–C) groups is 1. The van der Waals surface area contributed by atoms with E-state index in [2.05, 4.69) is 62.4 Å². The van der Waals surface area contributed by atoms with Crippen molar-refractivity contribution < 1.29 is 0 Å². The third-order valence-corrected chi connectivity index (χ3v) is 7.71. The van der Waals surface area contributed by atoms with Crippen molar-refractivity contribution in [2.75, 3.05) is 0 Å². The first-order valence-electron chi connectivity index (χ1n) is 14.1. The van der Waals surface area contributed by atoms with Crippen LogP contribution in [-0.2, 0) is 0 Å². The highest BCUT2D eigenvalue weighted by Crippen LogP contribution is 2.29. The maximum absolute atomic E-state index is 14.6. The smallest absolute Gasteiger partial charge is 0.259 e. The molecule has 0 fully saturated rings. The second-order valence-electron chi connectivity index (χ2n) is 10.6. The van der Waals surface area contributed by atoms with Gasteiger partial charge in [0.15, 0.2) is 0 Å². The molecule has 0 saturated carbocycles. The predicted octanol–water partition coefficient (Wildman–Crippen LogP) is 6.43. The number of hydrogen-bond donors (Lipinski definition) is 0. The zero-order chi connectivity index (χ0) is 28.6. The molecule has 6 aromatic rings. The van der Waals surface area contributed by atoms with E-state index in [1.54, 1.807) is 0 Å². The molecule has 202 valence electrons. The van der Waals surface area contributed by atoms with Crippen LogP contribution in [0.15, 0.2) is 149 Å². The molecular weight excluding hydrogens is 514 g/mol. The van der Waals surface area contributed by atoms with Crippen LogP contribution in [0.1, 0.15) is 22.3 Å². The van der Waals surface area contributed by atoms with Gasteiger partial charge in [-0.3, -0.25) is 9.13 Å². The van der Waals surface area contributed by atoms with E-state index in [1.807, 2.05) is 100 Å². The molecule has 0 spiro atoms. The van der Waals surface area contributed by atoms with Crippen LogP contribution in [0, 0.1) is 13.8 Å². The van der Waals surface area contributed by atoms with Gasteiger partial charge in [-0.05, 0) is 61.4 Å². The zero-order valence-corrected chi connectivity index (χ0v) is 23.5. The van der Waals surface area contributed by atoms with Crippen LogP contribution in [0.3, 0.4) is 0 Å². The topological polar surface area (TPSA) is 39.3 Å². The molecule has 0 atom stereocenters. The Morgan fingerprint density at radius 2 is 0.857 bits per heavy atom. The Hall–Kier alpha value is -5.48. The van der Waals surface area contributed by atoms with Crippen molar-refractivity contribution >= 4 is 22.5 Å². The van der Waals surface area contributed by atoms with Gasteiger partial charge in [-0.25, -0.2) is 9.79 Å². The Kier molecular flexibility index (Phi) is 6.37. The molecule has 5 aromatic carbocycles. The molecule has 4 heteroatoms. The molecule has 1 aromatic heterocycles. The standard InChI is InChI=1S/C38H29N3O/c1-26-18-22-28(23-19-26)33-35(39-30-12-6-3-7-13-30)34(29-24-20-27(2)21-25-29)37-36(33)40(31-14-8-4-9-15-31)38(42)41(37)32-16-10-5-11-17-32/h3-25H,1-2H3. The van der Waals surface area contributed by atoms with Gasteiger partial charge in [0.25, 0.3) is 0 Å². The van der Waals surface area contributed by atoms with Crippen molar-refractivity contribution in [2.45, 2.75) is 13.8 Å². The summed E-state index contributed by atoms with van der Waals surface area (Å²) in [5, 5.41) is 1.67. The van der Waals surface area contributed by atoms with Gasteiger partial charge >= 0.3 is 5.69 Å². The van der Waals surface area contributed by atoms with Crippen molar-refractivity contribution in [3.8, 4) is 11.4 Å². The van der Waals surface area contributed by atoms with Gasteiger partial charge in [-0.15, -0.1) is 0 Å². The summed E-state index contributed by atoms with van der Waals surface area (Å²) >= 11 is 0. The third kappa shape index (κ3) is 4.34. The highest BCUT2D eigenvalue weighted by Gasteiger charge is 2.31. The largest absolute Gasteiger partial charge is 0.338 e. The monoisotopic (exact) mass is 543 g/mol. The summed E-state index contributed by atoms with van der Waals surface area (Å²) in [6.07, 6.45) is 0. The van der Waals surface area contributed by atoms with Crippen LogP contribution < -0.4 is 16.4 Å². The van der Waals surface area contributed by atoms with E-state index in [9.17, 15) is 4.79 Å². The van der Waals surface area contributed by atoms with E-state index in [1.165, 1.54) is 11.1 Å². The van der Waals surface area contributed by atoms with Crippen molar-refractivity contribution in [1.29, 1.82) is 0 Å². The number of rotatable bonds is 5. The van der Waals surface area contributed by atoms with Gasteiger partial charge in [0, 0.05) is 11.1 Å². The first kappa shape index (κ1) is 25.5. The maximum Gasteiger partial charge on any atom is 0.338 e. The van der Waals surface area contributed by atoms with Gasteiger partial charge in [0.1, 0.15) is 0 Å². The number of imidazole rings is 1. The maximum atomic E-state index is 14.6. The Morgan fingerprint density at radius 3 is 1.26 bits per heavy atom. The molecule has 0 radical (unpaired) electrons. The average Bonchev–Trinajstić information content (AvgIpc) is 3.49. The summed E-state index contributed by atoms with van der Waals surface area (Å²) in [5.74, 6) is 0. The summed E-state index contributed by atoms with van der Waals surface area (Å²) in [6, 6.07) is 46.8.